The number of aromatic nitrogens is 2. The lowest BCUT2D eigenvalue weighted by atomic mass is 10.0. The molecule has 0 saturated carbocycles. The first-order chi connectivity index (χ1) is 8.45. The molecule has 5 nitrogen and oxygen atoms in total. The van der Waals surface area contributed by atoms with E-state index in [4.69, 9.17) is 0 Å². The highest BCUT2D eigenvalue weighted by molar-refractivity contribution is 5.46. The molecule has 0 radical (unpaired) electrons. The molecule has 18 heavy (non-hydrogen) atoms. The van der Waals surface area contributed by atoms with Crippen molar-refractivity contribution in [3.63, 3.8) is 0 Å². The number of likely N-dealkylation sites (N-methyl/N-ethyl adjacent to an activating group) is 1. The number of hydrogen-bond acceptors (Lipinski definition) is 5. The Morgan fingerprint density at radius 3 is 2.33 bits per heavy atom. The SMILES string of the molecule is CCCNc1cc(NCC(C)(C)N(C)C)ncn1. The lowest BCUT2D eigenvalue weighted by Crippen LogP contribution is -2.44. The van der Waals surface area contributed by atoms with Crippen molar-refractivity contribution >= 4 is 11.6 Å². The zero-order chi connectivity index (χ0) is 13.6. The Morgan fingerprint density at radius 1 is 1.17 bits per heavy atom. The summed E-state index contributed by atoms with van der Waals surface area (Å²) in [6.45, 7) is 8.28. The summed E-state index contributed by atoms with van der Waals surface area (Å²) >= 11 is 0. The molecule has 0 unspecified atom stereocenters. The molecule has 0 fully saturated rings. The van der Waals surface area contributed by atoms with Crippen LogP contribution in [-0.2, 0) is 0 Å². The van der Waals surface area contributed by atoms with E-state index < -0.39 is 0 Å². The molecular weight excluding hydrogens is 226 g/mol. The van der Waals surface area contributed by atoms with Crippen LogP contribution in [0.25, 0.3) is 0 Å². The van der Waals surface area contributed by atoms with Crippen molar-refractivity contribution in [3.05, 3.63) is 12.4 Å². The van der Waals surface area contributed by atoms with Gasteiger partial charge in [0.05, 0.1) is 0 Å². The predicted molar refractivity (Wildman–Crippen MR) is 77.1 cm³/mol. The standard InChI is InChI=1S/C13H25N5/c1-6-7-14-11-8-12(17-10-16-11)15-9-13(2,3)18(4)5/h8,10H,6-7,9H2,1-5H3,(H2,14,15,16,17). The average molecular weight is 251 g/mol. The highest BCUT2D eigenvalue weighted by Gasteiger charge is 2.19. The number of rotatable bonds is 7. The van der Waals surface area contributed by atoms with Crippen molar-refractivity contribution in [1.82, 2.24) is 14.9 Å². The van der Waals surface area contributed by atoms with Gasteiger partial charge in [-0.2, -0.15) is 0 Å². The molecule has 1 rings (SSSR count). The largest absolute Gasteiger partial charge is 0.370 e. The van der Waals surface area contributed by atoms with Crippen molar-refractivity contribution in [3.8, 4) is 0 Å². The van der Waals surface area contributed by atoms with Gasteiger partial charge < -0.3 is 15.5 Å². The molecule has 102 valence electrons. The molecule has 0 aromatic carbocycles. The van der Waals surface area contributed by atoms with Gasteiger partial charge in [0.2, 0.25) is 0 Å². The second kappa shape index (κ2) is 6.54. The Balaban J connectivity index is 2.57. The molecule has 0 aliphatic rings. The quantitative estimate of drug-likeness (QED) is 0.777. The van der Waals surface area contributed by atoms with Gasteiger partial charge in [0, 0.05) is 24.7 Å². The fourth-order valence-corrected chi connectivity index (χ4v) is 1.27. The molecule has 0 atom stereocenters. The first-order valence-electron chi connectivity index (χ1n) is 6.43. The maximum atomic E-state index is 4.23. The van der Waals surface area contributed by atoms with Crippen LogP contribution in [0.3, 0.4) is 0 Å². The van der Waals surface area contributed by atoms with E-state index in [1.165, 1.54) is 0 Å². The smallest absolute Gasteiger partial charge is 0.131 e. The number of hydrogen-bond donors (Lipinski definition) is 2. The molecule has 0 spiro atoms. The Morgan fingerprint density at radius 2 is 1.78 bits per heavy atom. The minimum absolute atomic E-state index is 0.0853. The summed E-state index contributed by atoms with van der Waals surface area (Å²) in [4.78, 5) is 10.6. The molecule has 0 amide bonds. The molecule has 0 saturated heterocycles. The van der Waals surface area contributed by atoms with E-state index in [1.54, 1.807) is 6.33 Å². The lowest BCUT2D eigenvalue weighted by Gasteiger charge is -2.32. The van der Waals surface area contributed by atoms with E-state index in [-0.39, 0.29) is 5.54 Å². The third kappa shape index (κ3) is 4.49. The molecule has 0 aliphatic heterocycles. The Hall–Kier alpha value is -1.36. The highest BCUT2D eigenvalue weighted by atomic mass is 15.2. The number of nitrogens with zero attached hydrogens (tertiary/aromatic N) is 3. The van der Waals surface area contributed by atoms with Crippen molar-refractivity contribution in [2.75, 3.05) is 37.8 Å². The third-order valence-corrected chi connectivity index (χ3v) is 3.14. The maximum absolute atomic E-state index is 4.23. The Bertz CT molecular complexity index is 362. The van der Waals surface area contributed by atoms with Crippen molar-refractivity contribution in [1.29, 1.82) is 0 Å². The van der Waals surface area contributed by atoms with Gasteiger partial charge in [0.1, 0.15) is 18.0 Å². The van der Waals surface area contributed by atoms with Crippen LogP contribution in [0, 0.1) is 0 Å². The topological polar surface area (TPSA) is 53.1 Å². The summed E-state index contributed by atoms with van der Waals surface area (Å²) < 4.78 is 0. The molecule has 1 heterocycles. The van der Waals surface area contributed by atoms with E-state index in [0.717, 1.165) is 31.1 Å². The summed E-state index contributed by atoms with van der Waals surface area (Å²) in [6.07, 6.45) is 2.67. The van der Waals surface area contributed by atoms with E-state index in [0.29, 0.717) is 0 Å². The Kier molecular flexibility index (Phi) is 5.34. The van der Waals surface area contributed by atoms with Gasteiger partial charge in [0.15, 0.2) is 0 Å². The van der Waals surface area contributed by atoms with Gasteiger partial charge in [-0.3, -0.25) is 0 Å². The van der Waals surface area contributed by atoms with E-state index in [1.807, 2.05) is 6.07 Å². The van der Waals surface area contributed by atoms with Gasteiger partial charge >= 0.3 is 0 Å². The molecular formula is C13H25N5. The molecule has 2 N–H and O–H groups in total. The van der Waals surface area contributed by atoms with Gasteiger partial charge in [0.25, 0.3) is 0 Å². The van der Waals surface area contributed by atoms with Crippen LogP contribution in [0.4, 0.5) is 11.6 Å². The van der Waals surface area contributed by atoms with Crippen molar-refractivity contribution in [2.45, 2.75) is 32.7 Å². The van der Waals surface area contributed by atoms with Crippen LogP contribution < -0.4 is 10.6 Å². The third-order valence-electron chi connectivity index (χ3n) is 3.14. The zero-order valence-corrected chi connectivity index (χ0v) is 12.1. The Labute approximate surface area is 110 Å². The van der Waals surface area contributed by atoms with E-state index in [9.17, 15) is 0 Å². The van der Waals surface area contributed by atoms with Crippen LogP contribution in [-0.4, -0.2) is 47.6 Å². The zero-order valence-electron chi connectivity index (χ0n) is 12.1. The summed E-state index contributed by atoms with van der Waals surface area (Å²) in [6, 6.07) is 1.95. The number of nitrogens with one attached hydrogen (secondary N) is 2. The molecule has 1 aromatic rings. The molecule has 1 aromatic heterocycles. The summed E-state index contributed by atoms with van der Waals surface area (Å²) in [7, 11) is 4.16. The van der Waals surface area contributed by atoms with Crippen LogP contribution in [0.2, 0.25) is 0 Å². The second-order valence-corrected chi connectivity index (χ2v) is 5.28. The minimum atomic E-state index is 0.0853. The van der Waals surface area contributed by atoms with Crippen molar-refractivity contribution in [2.24, 2.45) is 0 Å². The van der Waals surface area contributed by atoms with Crippen LogP contribution in [0.15, 0.2) is 12.4 Å². The van der Waals surface area contributed by atoms with Crippen molar-refractivity contribution < 1.29 is 0 Å². The normalized spacial score (nSPS) is 11.7. The summed E-state index contributed by atoms with van der Waals surface area (Å²) in [5.74, 6) is 1.73. The molecule has 0 bridgehead atoms. The fraction of sp³-hybridized carbons (Fsp3) is 0.692. The number of anilines is 2. The predicted octanol–water partition coefficient (Wildman–Crippen LogP) is 2.05. The minimum Gasteiger partial charge on any atom is -0.370 e. The molecule has 0 aliphatic carbocycles. The van der Waals surface area contributed by atoms with Gasteiger partial charge in [-0.05, 0) is 34.4 Å². The lowest BCUT2D eigenvalue weighted by molar-refractivity contribution is 0.210. The molecule has 5 heteroatoms. The fourth-order valence-electron chi connectivity index (χ4n) is 1.27. The maximum Gasteiger partial charge on any atom is 0.131 e. The second-order valence-electron chi connectivity index (χ2n) is 5.28. The van der Waals surface area contributed by atoms with Gasteiger partial charge in [-0.1, -0.05) is 6.92 Å². The van der Waals surface area contributed by atoms with Crippen LogP contribution >= 0.6 is 0 Å². The first-order valence-corrected chi connectivity index (χ1v) is 6.43. The first kappa shape index (κ1) is 14.7. The van der Waals surface area contributed by atoms with Gasteiger partial charge in [-0.25, -0.2) is 9.97 Å². The summed E-state index contributed by atoms with van der Waals surface area (Å²) in [5, 5.41) is 6.60. The van der Waals surface area contributed by atoms with Crippen LogP contribution in [0.1, 0.15) is 27.2 Å². The highest BCUT2D eigenvalue weighted by Crippen LogP contribution is 2.13. The summed E-state index contributed by atoms with van der Waals surface area (Å²) in [5.41, 5.74) is 0.0853. The average Bonchev–Trinajstić information content (AvgIpc) is 2.34. The van der Waals surface area contributed by atoms with E-state index in [2.05, 4.69) is 60.4 Å². The van der Waals surface area contributed by atoms with Gasteiger partial charge in [-0.15, -0.1) is 0 Å². The van der Waals surface area contributed by atoms with E-state index >= 15 is 0 Å². The van der Waals surface area contributed by atoms with Crippen LogP contribution in [0.5, 0.6) is 0 Å². The monoisotopic (exact) mass is 251 g/mol.